The number of nitrogens with zero attached hydrogens (tertiary/aromatic N) is 3. The monoisotopic (exact) mass is 430 g/mol. The molecule has 2 N–H and O–H groups in total. The average molecular weight is 431 g/mol. The average Bonchev–Trinajstić information content (AvgIpc) is 2.99. The Morgan fingerprint density at radius 2 is 2.03 bits per heavy atom. The number of hydrogen-bond donors (Lipinski definition) is 1. The Bertz CT molecular complexity index is 976. The minimum atomic E-state index is -0.783. The SMILES string of the molecule is CC(C)c1c(Sc2cccc(Cl)c2)nc(CCOC(N)=O)n1Cc1ccncc1. The van der Waals surface area contributed by atoms with Crippen LogP contribution in [0.25, 0.3) is 0 Å². The number of amides is 1. The third kappa shape index (κ3) is 5.74. The Morgan fingerprint density at radius 3 is 2.69 bits per heavy atom. The summed E-state index contributed by atoms with van der Waals surface area (Å²) in [5.41, 5.74) is 7.35. The van der Waals surface area contributed by atoms with Crippen LogP contribution in [-0.2, 0) is 17.7 Å². The van der Waals surface area contributed by atoms with Crippen LogP contribution < -0.4 is 5.73 Å². The van der Waals surface area contributed by atoms with Crippen LogP contribution in [0, 0.1) is 0 Å². The fourth-order valence-electron chi connectivity index (χ4n) is 3.05. The summed E-state index contributed by atoms with van der Waals surface area (Å²) in [7, 11) is 0. The molecule has 3 rings (SSSR count). The molecule has 0 aliphatic rings. The van der Waals surface area contributed by atoms with E-state index in [1.54, 1.807) is 24.2 Å². The topological polar surface area (TPSA) is 83.0 Å². The van der Waals surface area contributed by atoms with E-state index in [1.807, 2.05) is 36.4 Å². The first-order valence-electron chi connectivity index (χ1n) is 9.28. The number of carbonyl (C=O) groups is 1. The van der Waals surface area contributed by atoms with Crippen molar-refractivity contribution >= 4 is 29.5 Å². The highest BCUT2D eigenvalue weighted by Crippen LogP contribution is 2.35. The van der Waals surface area contributed by atoms with Gasteiger partial charge in [0.15, 0.2) is 0 Å². The van der Waals surface area contributed by atoms with Gasteiger partial charge < -0.3 is 15.0 Å². The van der Waals surface area contributed by atoms with E-state index in [-0.39, 0.29) is 12.5 Å². The molecule has 0 aliphatic carbocycles. The quantitative estimate of drug-likeness (QED) is 0.550. The number of primary amides is 1. The zero-order chi connectivity index (χ0) is 20.8. The lowest BCUT2D eigenvalue weighted by molar-refractivity contribution is 0.157. The second kappa shape index (κ2) is 9.80. The van der Waals surface area contributed by atoms with Gasteiger partial charge >= 0.3 is 6.09 Å². The molecule has 0 radical (unpaired) electrons. The van der Waals surface area contributed by atoms with Crippen LogP contribution in [-0.4, -0.2) is 27.2 Å². The number of imidazole rings is 1. The fraction of sp³-hybridized carbons (Fsp3) is 0.286. The molecule has 0 spiro atoms. The summed E-state index contributed by atoms with van der Waals surface area (Å²) >= 11 is 7.73. The van der Waals surface area contributed by atoms with Gasteiger partial charge in [-0.2, -0.15) is 0 Å². The van der Waals surface area contributed by atoms with Crippen molar-refractivity contribution in [3.8, 4) is 0 Å². The van der Waals surface area contributed by atoms with Crippen molar-refractivity contribution < 1.29 is 9.53 Å². The van der Waals surface area contributed by atoms with E-state index in [4.69, 9.17) is 27.1 Å². The molecule has 2 aromatic heterocycles. The zero-order valence-corrected chi connectivity index (χ0v) is 17.9. The number of halogens is 1. The van der Waals surface area contributed by atoms with Gasteiger partial charge in [-0.1, -0.05) is 43.3 Å². The zero-order valence-electron chi connectivity index (χ0n) is 16.3. The molecule has 152 valence electrons. The molecule has 2 heterocycles. The van der Waals surface area contributed by atoms with Crippen molar-refractivity contribution in [1.82, 2.24) is 14.5 Å². The molecule has 8 heteroatoms. The number of aromatic nitrogens is 3. The number of pyridine rings is 1. The molecule has 0 saturated carbocycles. The lowest BCUT2D eigenvalue weighted by atomic mass is 10.1. The summed E-state index contributed by atoms with van der Waals surface area (Å²) < 4.78 is 7.14. The summed E-state index contributed by atoms with van der Waals surface area (Å²) in [5, 5.41) is 1.61. The summed E-state index contributed by atoms with van der Waals surface area (Å²) in [6.45, 7) is 5.13. The Labute approximate surface area is 179 Å². The third-order valence-electron chi connectivity index (χ3n) is 4.27. The van der Waals surface area contributed by atoms with Gasteiger partial charge in [-0.15, -0.1) is 0 Å². The number of carbonyl (C=O) groups excluding carboxylic acids is 1. The van der Waals surface area contributed by atoms with Gasteiger partial charge in [-0.3, -0.25) is 4.98 Å². The van der Waals surface area contributed by atoms with E-state index in [9.17, 15) is 4.79 Å². The first-order chi connectivity index (χ1) is 13.9. The molecule has 0 unspecified atom stereocenters. The lowest BCUT2D eigenvalue weighted by Crippen LogP contribution is -2.17. The maximum atomic E-state index is 11.0. The molecule has 0 fully saturated rings. The molecule has 3 aromatic rings. The lowest BCUT2D eigenvalue weighted by Gasteiger charge is -2.15. The molecular formula is C21H23ClN4O2S. The largest absolute Gasteiger partial charge is 0.449 e. The molecule has 6 nitrogen and oxygen atoms in total. The van der Waals surface area contributed by atoms with Gasteiger partial charge in [0.1, 0.15) is 17.5 Å². The van der Waals surface area contributed by atoms with E-state index in [0.717, 1.165) is 27.0 Å². The second-order valence-electron chi connectivity index (χ2n) is 6.79. The molecule has 0 atom stereocenters. The van der Waals surface area contributed by atoms with E-state index >= 15 is 0 Å². The van der Waals surface area contributed by atoms with Crippen molar-refractivity contribution in [2.45, 2.75) is 42.7 Å². The number of nitrogens with two attached hydrogens (primary N) is 1. The highest BCUT2D eigenvalue weighted by Gasteiger charge is 2.21. The predicted octanol–water partition coefficient (Wildman–Crippen LogP) is 4.89. The molecule has 0 saturated heterocycles. The Kier molecular flexibility index (Phi) is 7.17. The molecule has 0 bridgehead atoms. The number of rotatable bonds is 8. The highest BCUT2D eigenvalue weighted by atomic mass is 35.5. The number of hydrogen-bond acceptors (Lipinski definition) is 5. The van der Waals surface area contributed by atoms with Crippen molar-refractivity contribution in [2.24, 2.45) is 5.73 Å². The molecular weight excluding hydrogens is 408 g/mol. The molecule has 0 aliphatic heterocycles. The van der Waals surface area contributed by atoms with E-state index in [2.05, 4.69) is 23.4 Å². The van der Waals surface area contributed by atoms with Gasteiger partial charge in [0.2, 0.25) is 0 Å². The number of benzene rings is 1. The van der Waals surface area contributed by atoms with Crippen molar-refractivity contribution in [3.05, 3.63) is 70.9 Å². The molecule has 29 heavy (non-hydrogen) atoms. The van der Waals surface area contributed by atoms with E-state index in [1.165, 1.54) is 0 Å². The maximum absolute atomic E-state index is 11.0. The second-order valence-corrected chi connectivity index (χ2v) is 8.29. The first-order valence-corrected chi connectivity index (χ1v) is 10.5. The summed E-state index contributed by atoms with van der Waals surface area (Å²) in [4.78, 5) is 21.0. The molecule has 1 aromatic carbocycles. The third-order valence-corrected chi connectivity index (χ3v) is 5.49. The normalized spacial score (nSPS) is 11.0. The smallest absolute Gasteiger partial charge is 0.404 e. The van der Waals surface area contributed by atoms with E-state index in [0.29, 0.717) is 18.0 Å². The van der Waals surface area contributed by atoms with Crippen LogP contribution in [0.3, 0.4) is 0 Å². The van der Waals surface area contributed by atoms with Crippen LogP contribution in [0.4, 0.5) is 4.79 Å². The maximum Gasteiger partial charge on any atom is 0.404 e. The number of ether oxygens (including phenoxy) is 1. The van der Waals surface area contributed by atoms with Gasteiger partial charge in [0.05, 0.1) is 5.69 Å². The standard InChI is InChI=1S/C21H23ClN4O2S/c1-14(2)19-20(29-17-5-3-4-16(22)12-17)25-18(8-11-28-21(23)27)26(19)13-15-6-9-24-10-7-15/h3-7,9-10,12,14H,8,11,13H2,1-2H3,(H2,23,27). The Morgan fingerprint density at radius 1 is 1.28 bits per heavy atom. The van der Waals surface area contributed by atoms with Crippen LogP contribution in [0.2, 0.25) is 5.02 Å². The van der Waals surface area contributed by atoms with Crippen LogP contribution in [0.15, 0.2) is 58.7 Å². The Balaban J connectivity index is 1.99. The van der Waals surface area contributed by atoms with Gasteiger partial charge in [0, 0.05) is 35.3 Å². The predicted molar refractivity (Wildman–Crippen MR) is 114 cm³/mol. The minimum Gasteiger partial charge on any atom is -0.449 e. The minimum absolute atomic E-state index is 0.182. The van der Waals surface area contributed by atoms with Crippen molar-refractivity contribution in [1.29, 1.82) is 0 Å². The fourth-order valence-corrected chi connectivity index (χ4v) is 4.46. The Hall–Kier alpha value is -2.51. The molecule has 1 amide bonds. The van der Waals surface area contributed by atoms with Crippen molar-refractivity contribution in [3.63, 3.8) is 0 Å². The highest BCUT2D eigenvalue weighted by molar-refractivity contribution is 7.99. The van der Waals surface area contributed by atoms with E-state index < -0.39 is 6.09 Å². The first kappa shape index (κ1) is 21.2. The van der Waals surface area contributed by atoms with Crippen molar-refractivity contribution in [2.75, 3.05) is 6.61 Å². The van der Waals surface area contributed by atoms with Crippen LogP contribution in [0.1, 0.15) is 36.8 Å². The van der Waals surface area contributed by atoms with Crippen LogP contribution in [0.5, 0.6) is 0 Å². The van der Waals surface area contributed by atoms with Gasteiger partial charge in [-0.25, -0.2) is 9.78 Å². The van der Waals surface area contributed by atoms with Gasteiger partial charge in [0.25, 0.3) is 0 Å². The van der Waals surface area contributed by atoms with Crippen LogP contribution >= 0.6 is 23.4 Å². The van der Waals surface area contributed by atoms with Gasteiger partial charge in [-0.05, 0) is 41.8 Å². The summed E-state index contributed by atoms with van der Waals surface area (Å²) in [6, 6.07) is 11.7. The summed E-state index contributed by atoms with van der Waals surface area (Å²) in [6.07, 6.45) is 3.25. The summed E-state index contributed by atoms with van der Waals surface area (Å²) in [5.74, 6) is 1.09.